The van der Waals surface area contributed by atoms with E-state index in [4.69, 9.17) is 5.73 Å². The molecule has 1 saturated heterocycles. The standard InChI is InChI=1S/C13H18N2OS/c14-12(11-4-2-1-3-5-11)13(16)15-8-10-6-7-17-9-10/h1-5,10,12H,6-9,14H2,(H,15,16)/t10?,12-/m0/s1. The summed E-state index contributed by atoms with van der Waals surface area (Å²) in [5.74, 6) is 2.91. The molecule has 0 aliphatic carbocycles. The summed E-state index contributed by atoms with van der Waals surface area (Å²) in [6, 6.07) is 8.94. The van der Waals surface area contributed by atoms with Gasteiger partial charge in [0.15, 0.2) is 0 Å². The van der Waals surface area contributed by atoms with Gasteiger partial charge in [-0.1, -0.05) is 30.3 Å². The molecule has 92 valence electrons. The number of nitrogens with one attached hydrogen (secondary N) is 1. The van der Waals surface area contributed by atoms with Crippen LogP contribution in [0.25, 0.3) is 0 Å². The highest BCUT2D eigenvalue weighted by Crippen LogP contribution is 2.22. The lowest BCUT2D eigenvalue weighted by Gasteiger charge is -2.14. The predicted octanol–water partition coefficient (Wildman–Crippen LogP) is 1.56. The van der Waals surface area contributed by atoms with Gasteiger partial charge in [-0.15, -0.1) is 0 Å². The van der Waals surface area contributed by atoms with E-state index in [1.54, 1.807) is 0 Å². The van der Waals surface area contributed by atoms with Crippen LogP contribution in [0.4, 0.5) is 0 Å². The second kappa shape index (κ2) is 6.07. The quantitative estimate of drug-likeness (QED) is 0.852. The minimum Gasteiger partial charge on any atom is -0.354 e. The number of hydrogen-bond donors (Lipinski definition) is 2. The Morgan fingerprint density at radius 3 is 2.88 bits per heavy atom. The van der Waals surface area contributed by atoms with Crippen molar-refractivity contribution in [3.05, 3.63) is 35.9 Å². The summed E-state index contributed by atoms with van der Waals surface area (Å²) in [7, 11) is 0. The first-order chi connectivity index (χ1) is 8.27. The summed E-state index contributed by atoms with van der Waals surface area (Å²) in [5.41, 5.74) is 6.77. The van der Waals surface area contributed by atoms with Crippen LogP contribution in [0.1, 0.15) is 18.0 Å². The monoisotopic (exact) mass is 250 g/mol. The summed E-state index contributed by atoms with van der Waals surface area (Å²) < 4.78 is 0. The summed E-state index contributed by atoms with van der Waals surface area (Å²) >= 11 is 1.96. The Morgan fingerprint density at radius 2 is 2.24 bits per heavy atom. The number of amides is 1. The van der Waals surface area contributed by atoms with Gasteiger partial charge in [0.05, 0.1) is 0 Å². The number of carbonyl (C=O) groups is 1. The second-order valence-corrected chi connectivity index (χ2v) is 5.51. The molecule has 4 heteroatoms. The van der Waals surface area contributed by atoms with Crippen molar-refractivity contribution >= 4 is 17.7 Å². The van der Waals surface area contributed by atoms with Crippen molar-refractivity contribution in [3.8, 4) is 0 Å². The van der Waals surface area contributed by atoms with Crippen molar-refractivity contribution < 1.29 is 4.79 Å². The van der Waals surface area contributed by atoms with Crippen molar-refractivity contribution in [2.45, 2.75) is 12.5 Å². The first kappa shape index (κ1) is 12.5. The van der Waals surface area contributed by atoms with Crippen LogP contribution in [-0.4, -0.2) is 24.0 Å². The lowest BCUT2D eigenvalue weighted by molar-refractivity contribution is -0.122. The van der Waals surface area contributed by atoms with E-state index in [9.17, 15) is 4.79 Å². The molecule has 1 aromatic carbocycles. The maximum absolute atomic E-state index is 11.9. The zero-order chi connectivity index (χ0) is 12.1. The Kier molecular flexibility index (Phi) is 4.45. The fourth-order valence-electron chi connectivity index (χ4n) is 1.91. The highest BCUT2D eigenvalue weighted by molar-refractivity contribution is 7.99. The summed E-state index contributed by atoms with van der Waals surface area (Å²) in [6.45, 7) is 0.756. The Bertz CT molecular complexity index is 363. The molecule has 1 amide bonds. The minimum absolute atomic E-state index is 0.0758. The van der Waals surface area contributed by atoms with Crippen LogP contribution in [0.3, 0.4) is 0 Å². The van der Waals surface area contributed by atoms with Crippen molar-refractivity contribution in [1.29, 1.82) is 0 Å². The SMILES string of the molecule is N[C@H](C(=O)NCC1CCSC1)c1ccccc1. The molecule has 0 spiro atoms. The number of hydrogen-bond acceptors (Lipinski definition) is 3. The third-order valence-electron chi connectivity index (χ3n) is 3.03. The molecule has 2 rings (SSSR count). The molecular formula is C13H18N2OS. The maximum Gasteiger partial charge on any atom is 0.241 e. The smallest absolute Gasteiger partial charge is 0.241 e. The van der Waals surface area contributed by atoms with Crippen molar-refractivity contribution in [2.75, 3.05) is 18.1 Å². The fourth-order valence-corrected chi connectivity index (χ4v) is 3.20. The van der Waals surface area contributed by atoms with Crippen LogP contribution < -0.4 is 11.1 Å². The average Bonchev–Trinajstić information content (AvgIpc) is 2.89. The predicted molar refractivity (Wildman–Crippen MR) is 71.8 cm³/mol. The van der Waals surface area contributed by atoms with Crippen molar-refractivity contribution in [3.63, 3.8) is 0 Å². The lowest BCUT2D eigenvalue weighted by atomic mass is 10.1. The molecule has 1 fully saturated rings. The van der Waals surface area contributed by atoms with Gasteiger partial charge in [-0.3, -0.25) is 4.79 Å². The van der Waals surface area contributed by atoms with Gasteiger partial charge in [0, 0.05) is 6.54 Å². The van der Waals surface area contributed by atoms with Gasteiger partial charge in [-0.05, 0) is 29.4 Å². The van der Waals surface area contributed by atoms with Gasteiger partial charge in [-0.2, -0.15) is 11.8 Å². The zero-order valence-electron chi connectivity index (χ0n) is 9.76. The summed E-state index contributed by atoms with van der Waals surface area (Å²) in [4.78, 5) is 11.9. The third-order valence-corrected chi connectivity index (χ3v) is 4.26. The molecule has 2 atom stereocenters. The Morgan fingerprint density at radius 1 is 1.47 bits per heavy atom. The number of thioether (sulfide) groups is 1. The van der Waals surface area contributed by atoms with Crippen LogP contribution in [0.2, 0.25) is 0 Å². The maximum atomic E-state index is 11.9. The molecule has 1 aliphatic rings. The van der Waals surface area contributed by atoms with Gasteiger partial charge in [0.2, 0.25) is 5.91 Å². The number of nitrogens with two attached hydrogens (primary N) is 1. The highest BCUT2D eigenvalue weighted by atomic mass is 32.2. The Balaban J connectivity index is 1.83. The van der Waals surface area contributed by atoms with E-state index in [0.717, 1.165) is 17.9 Å². The Labute approximate surface area is 106 Å². The summed E-state index contributed by atoms with van der Waals surface area (Å²) in [6.07, 6.45) is 1.20. The van der Waals surface area contributed by atoms with Crippen LogP contribution in [0.15, 0.2) is 30.3 Å². The van der Waals surface area contributed by atoms with E-state index < -0.39 is 6.04 Å². The summed E-state index contributed by atoms with van der Waals surface area (Å²) in [5, 5.41) is 2.95. The van der Waals surface area contributed by atoms with Crippen molar-refractivity contribution in [1.82, 2.24) is 5.32 Å². The fraction of sp³-hybridized carbons (Fsp3) is 0.462. The molecule has 1 unspecified atom stereocenters. The number of benzene rings is 1. The van der Waals surface area contributed by atoms with Crippen LogP contribution in [0.5, 0.6) is 0 Å². The molecule has 0 saturated carbocycles. The molecule has 3 N–H and O–H groups in total. The molecule has 0 aromatic heterocycles. The van der Waals surface area contributed by atoms with Gasteiger partial charge < -0.3 is 11.1 Å². The molecule has 0 radical (unpaired) electrons. The van der Waals surface area contributed by atoms with Crippen LogP contribution in [0, 0.1) is 5.92 Å². The van der Waals surface area contributed by atoms with Crippen molar-refractivity contribution in [2.24, 2.45) is 11.7 Å². The number of rotatable bonds is 4. The van der Waals surface area contributed by atoms with E-state index in [1.165, 1.54) is 12.2 Å². The van der Waals surface area contributed by atoms with Gasteiger partial charge in [-0.25, -0.2) is 0 Å². The topological polar surface area (TPSA) is 55.1 Å². The van der Waals surface area contributed by atoms with Crippen LogP contribution >= 0.6 is 11.8 Å². The second-order valence-electron chi connectivity index (χ2n) is 4.36. The van der Waals surface area contributed by atoms with Gasteiger partial charge >= 0.3 is 0 Å². The molecule has 3 nitrogen and oxygen atoms in total. The molecule has 1 aromatic rings. The minimum atomic E-state index is -0.551. The lowest BCUT2D eigenvalue weighted by Crippen LogP contribution is -2.36. The first-order valence-corrected chi connectivity index (χ1v) is 7.09. The van der Waals surface area contributed by atoms with E-state index in [1.807, 2.05) is 42.1 Å². The Hall–Kier alpha value is -1.00. The molecular weight excluding hydrogens is 232 g/mol. The largest absolute Gasteiger partial charge is 0.354 e. The average molecular weight is 250 g/mol. The molecule has 17 heavy (non-hydrogen) atoms. The normalized spacial score (nSPS) is 21.1. The zero-order valence-corrected chi connectivity index (χ0v) is 10.6. The third kappa shape index (κ3) is 3.48. The van der Waals surface area contributed by atoms with E-state index >= 15 is 0 Å². The van der Waals surface area contributed by atoms with E-state index in [0.29, 0.717) is 5.92 Å². The number of carbonyl (C=O) groups excluding carboxylic acids is 1. The van der Waals surface area contributed by atoms with Gasteiger partial charge in [0.25, 0.3) is 0 Å². The van der Waals surface area contributed by atoms with E-state index in [2.05, 4.69) is 5.32 Å². The van der Waals surface area contributed by atoms with Gasteiger partial charge in [0.1, 0.15) is 6.04 Å². The molecule has 0 bridgehead atoms. The molecule has 1 aliphatic heterocycles. The molecule has 1 heterocycles. The highest BCUT2D eigenvalue weighted by Gasteiger charge is 2.19. The van der Waals surface area contributed by atoms with Crippen LogP contribution in [-0.2, 0) is 4.79 Å². The first-order valence-electron chi connectivity index (χ1n) is 5.93. The van der Waals surface area contributed by atoms with E-state index in [-0.39, 0.29) is 5.91 Å².